The predicted molar refractivity (Wildman–Crippen MR) is 129 cm³/mol. The Balaban J connectivity index is 0.00000166. The highest BCUT2D eigenvalue weighted by Gasteiger charge is 2.14. The van der Waals surface area contributed by atoms with Gasteiger partial charge in [0.2, 0.25) is 0 Å². The minimum atomic E-state index is 0.247. The summed E-state index contributed by atoms with van der Waals surface area (Å²) in [6.45, 7) is 4.03. The largest absolute Gasteiger partial charge is 0.508 e. The van der Waals surface area contributed by atoms with E-state index in [9.17, 15) is 10.2 Å². The van der Waals surface area contributed by atoms with E-state index in [-0.39, 0.29) is 11.5 Å². The third-order valence-corrected chi connectivity index (χ3v) is 4.90. The lowest BCUT2D eigenvalue weighted by molar-refractivity contribution is 0.399. The SMILES string of the molecule is CC#Cc1ccc(C(CCCC)=C(c2ccc(O)cc2)c2ccc(O)cc2)cc1.CO. The summed E-state index contributed by atoms with van der Waals surface area (Å²) in [6.07, 6.45) is 3.11. The molecule has 0 atom stereocenters. The highest BCUT2D eigenvalue weighted by molar-refractivity contribution is 5.98. The minimum Gasteiger partial charge on any atom is -0.508 e. The number of phenols is 2. The number of unbranched alkanes of at least 4 members (excludes halogenated alkanes) is 1. The quantitative estimate of drug-likeness (QED) is 0.331. The van der Waals surface area contributed by atoms with Crippen molar-refractivity contribution in [3.05, 3.63) is 95.1 Å². The van der Waals surface area contributed by atoms with Gasteiger partial charge in [0.15, 0.2) is 0 Å². The van der Waals surface area contributed by atoms with Crippen LogP contribution in [0.4, 0.5) is 0 Å². The topological polar surface area (TPSA) is 60.7 Å². The maximum absolute atomic E-state index is 9.76. The smallest absolute Gasteiger partial charge is 0.115 e. The number of aliphatic hydroxyl groups is 1. The summed E-state index contributed by atoms with van der Waals surface area (Å²) in [6, 6.07) is 23.0. The summed E-state index contributed by atoms with van der Waals surface area (Å²) in [5.74, 6) is 6.54. The lowest BCUT2D eigenvalue weighted by Gasteiger charge is -2.18. The van der Waals surface area contributed by atoms with E-state index in [1.54, 1.807) is 24.3 Å². The van der Waals surface area contributed by atoms with Crippen molar-refractivity contribution in [2.75, 3.05) is 7.11 Å². The van der Waals surface area contributed by atoms with E-state index in [1.165, 1.54) is 5.57 Å². The van der Waals surface area contributed by atoms with Crippen LogP contribution < -0.4 is 0 Å². The monoisotopic (exact) mass is 414 g/mol. The summed E-state index contributed by atoms with van der Waals surface area (Å²) < 4.78 is 0. The second-order valence-electron chi connectivity index (χ2n) is 7.00. The van der Waals surface area contributed by atoms with Crippen molar-refractivity contribution in [1.29, 1.82) is 0 Å². The van der Waals surface area contributed by atoms with Crippen molar-refractivity contribution in [2.24, 2.45) is 0 Å². The van der Waals surface area contributed by atoms with Crippen molar-refractivity contribution in [1.82, 2.24) is 0 Å². The van der Waals surface area contributed by atoms with Gasteiger partial charge in [-0.2, -0.15) is 0 Å². The molecule has 0 fully saturated rings. The minimum absolute atomic E-state index is 0.247. The third kappa shape index (κ3) is 6.50. The maximum Gasteiger partial charge on any atom is 0.115 e. The van der Waals surface area contributed by atoms with Crippen LogP contribution in [0.3, 0.4) is 0 Å². The number of hydrogen-bond donors (Lipinski definition) is 3. The van der Waals surface area contributed by atoms with Crippen molar-refractivity contribution in [3.8, 4) is 23.3 Å². The number of benzene rings is 3. The van der Waals surface area contributed by atoms with E-state index in [0.29, 0.717) is 0 Å². The van der Waals surface area contributed by atoms with Crippen molar-refractivity contribution >= 4 is 11.1 Å². The van der Waals surface area contributed by atoms with Crippen LogP contribution in [0.25, 0.3) is 11.1 Å². The van der Waals surface area contributed by atoms with Crippen LogP contribution in [0, 0.1) is 11.8 Å². The first kappa shape index (κ1) is 23.8. The molecular weight excluding hydrogens is 384 g/mol. The summed E-state index contributed by atoms with van der Waals surface area (Å²) in [7, 11) is 1.00. The van der Waals surface area contributed by atoms with Crippen LogP contribution in [0.15, 0.2) is 72.8 Å². The normalized spacial score (nSPS) is 9.68. The molecule has 0 aliphatic rings. The zero-order valence-corrected chi connectivity index (χ0v) is 18.4. The summed E-state index contributed by atoms with van der Waals surface area (Å²) in [5, 5.41) is 26.5. The Hall–Kier alpha value is -3.48. The van der Waals surface area contributed by atoms with Crippen LogP contribution in [0.2, 0.25) is 0 Å². The molecule has 3 aromatic rings. The van der Waals surface area contributed by atoms with Crippen LogP contribution in [0.1, 0.15) is 55.4 Å². The fourth-order valence-corrected chi connectivity index (χ4v) is 3.44. The zero-order valence-electron chi connectivity index (χ0n) is 18.4. The number of hydrogen-bond acceptors (Lipinski definition) is 3. The fourth-order valence-electron chi connectivity index (χ4n) is 3.44. The highest BCUT2D eigenvalue weighted by Crippen LogP contribution is 2.36. The van der Waals surface area contributed by atoms with Crippen molar-refractivity contribution in [3.63, 3.8) is 0 Å². The van der Waals surface area contributed by atoms with Gasteiger partial charge in [0.25, 0.3) is 0 Å². The number of aromatic hydroxyl groups is 2. The Morgan fingerprint density at radius 2 is 1.16 bits per heavy atom. The summed E-state index contributed by atoms with van der Waals surface area (Å²) in [5.41, 5.74) is 6.61. The van der Waals surface area contributed by atoms with E-state index < -0.39 is 0 Å². The van der Waals surface area contributed by atoms with Crippen LogP contribution in [0.5, 0.6) is 11.5 Å². The van der Waals surface area contributed by atoms with Gasteiger partial charge in [0.1, 0.15) is 11.5 Å². The van der Waals surface area contributed by atoms with E-state index in [1.807, 2.05) is 31.2 Å². The molecule has 0 aromatic heterocycles. The van der Waals surface area contributed by atoms with Crippen LogP contribution >= 0.6 is 0 Å². The van der Waals surface area contributed by atoms with Gasteiger partial charge in [0, 0.05) is 12.7 Å². The second kappa shape index (κ2) is 12.3. The lowest BCUT2D eigenvalue weighted by atomic mass is 9.86. The fraction of sp³-hybridized carbons (Fsp3) is 0.214. The molecule has 0 heterocycles. The lowest BCUT2D eigenvalue weighted by Crippen LogP contribution is -1.96. The van der Waals surface area contributed by atoms with E-state index in [2.05, 4.69) is 43.0 Å². The average molecular weight is 415 g/mol. The molecule has 0 amide bonds. The summed E-state index contributed by atoms with van der Waals surface area (Å²) in [4.78, 5) is 0. The molecule has 0 unspecified atom stereocenters. The van der Waals surface area contributed by atoms with Crippen LogP contribution in [-0.4, -0.2) is 22.4 Å². The highest BCUT2D eigenvalue weighted by atomic mass is 16.3. The van der Waals surface area contributed by atoms with Gasteiger partial charge in [-0.25, -0.2) is 0 Å². The molecule has 3 heteroatoms. The van der Waals surface area contributed by atoms with Gasteiger partial charge in [-0.1, -0.05) is 55.7 Å². The molecule has 3 rings (SSSR count). The number of aliphatic hydroxyl groups excluding tert-OH is 1. The Kier molecular flexibility index (Phi) is 9.42. The molecule has 0 aliphatic carbocycles. The Morgan fingerprint density at radius 1 is 0.710 bits per heavy atom. The molecular formula is C28H30O3. The molecule has 160 valence electrons. The van der Waals surface area contributed by atoms with Crippen molar-refractivity contribution < 1.29 is 15.3 Å². The van der Waals surface area contributed by atoms with Crippen molar-refractivity contribution in [2.45, 2.75) is 33.1 Å². The zero-order chi connectivity index (χ0) is 22.6. The first-order chi connectivity index (χ1) is 15.1. The Morgan fingerprint density at radius 3 is 1.58 bits per heavy atom. The molecule has 3 nitrogen and oxygen atoms in total. The number of phenolic OH excluding ortho intramolecular Hbond substituents is 2. The van der Waals surface area contributed by atoms with Gasteiger partial charge in [-0.3, -0.25) is 0 Å². The predicted octanol–water partition coefficient (Wildman–Crippen LogP) is 6.23. The first-order valence-electron chi connectivity index (χ1n) is 10.4. The molecule has 0 spiro atoms. The molecule has 0 radical (unpaired) electrons. The Labute approximate surface area is 185 Å². The van der Waals surface area contributed by atoms with E-state index in [4.69, 9.17) is 5.11 Å². The standard InChI is InChI=1S/C27H26O2.CH4O/c1-3-5-7-26(21-10-8-20(6-4-2)9-11-21)27(22-12-16-24(28)17-13-22)23-14-18-25(29)19-15-23;1-2/h8-19,28-29H,3,5,7H2,1-2H3;2H,1H3. The van der Waals surface area contributed by atoms with Gasteiger partial charge >= 0.3 is 0 Å². The summed E-state index contributed by atoms with van der Waals surface area (Å²) >= 11 is 0. The van der Waals surface area contributed by atoms with Gasteiger partial charge < -0.3 is 15.3 Å². The van der Waals surface area contributed by atoms with Crippen LogP contribution in [-0.2, 0) is 0 Å². The second-order valence-corrected chi connectivity index (χ2v) is 7.00. The third-order valence-electron chi connectivity index (χ3n) is 4.90. The molecule has 0 saturated carbocycles. The molecule has 0 saturated heterocycles. The molecule has 0 bridgehead atoms. The molecule has 3 N–H and O–H groups in total. The number of rotatable bonds is 6. The maximum atomic E-state index is 9.76. The number of allylic oxidation sites excluding steroid dienone is 1. The molecule has 0 aliphatic heterocycles. The Bertz CT molecular complexity index is 985. The van der Waals surface area contributed by atoms with E-state index in [0.717, 1.165) is 54.2 Å². The van der Waals surface area contributed by atoms with Gasteiger partial charge in [-0.05, 0) is 84.0 Å². The molecule has 3 aromatic carbocycles. The average Bonchev–Trinajstić information content (AvgIpc) is 2.81. The molecule has 31 heavy (non-hydrogen) atoms. The van der Waals surface area contributed by atoms with Gasteiger partial charge in [-0.15, -0.1) is 5.92 Å². The van der Waals surface area contributed by atoms with Gasteiger partial charge in [0.05, 0.1) is 0 Å². The van der Waals surface area contributed by atoms with E-state index >= 15 is 0 Å². The first-order valence-corrected chi connectivity index (χ1v) is 10.4.